The van der Waals surface area contributed by atoms with Crippen LogP contribution >= 0.6 is 0 Å². The number of nitrogens with zero attached hydrogens (tertiary/aromatic N) is 2. The molecule has 1 N–H and O–H groups in total. The number of amides is 1. The summed E-state index contributed by atoms with van der Waals surface area (Å²) in [5, 5.41) is 5.21. The summed E-state index contributed by atoms with van der Waals surface area (Å²) in [4.78, 5) is 17.3. The van der Waals surface area contributed by atoms with Crippen LogP contribution in [0.2, 0.25) is 0 Å². The van der Waals surface area contributed by atoms with Crippen LogP contribution in [-0.2, 0) is 4.79 Å². The van der Waals surface area contributed by atoms with E-state index in [2.05, 4.69) is 10.3 Å². The maximum absolute atomic E-state index is 11.5. The van der Waals surface area contributed by atoms with Crippen LogP contribution in [-0.4, -0.2) is 36.4 Å². The Morgan fingerprint density at radius 2 is 2.06 bits per heavy atom. The maximum Gasteiger partial charge on any atom is 0.241 e. The Kier molecular flexibility index (Phi) is 3.23. The first-order chi connectivity index (χ1) is 8.18. The molecular weight excluding hydrogens is 214 g/mol. The lowest BCUT2D eigenvalue weighted by Gasteiger charge is -2.12. The summed E-state index contributed by atoms with van der Waals surface area (Å²) in [6.45, 7) is 0.258. The van der Waals surface area contributed by atoms with Gasteiger partial charge in [-0.1, -0.05) is 24.3 Å². The normalized spacial score (nSPS) is 10.2. The van der Waals surface area contributed by atoms with E-state index in [4.69, 9.17) is 0 Å². The number of likely N-dealkylation sites (N-methyl/N-ethyl adjacent to an activating group) is 1. The molecule has 1 heterocycles. The van der Waals surface area contributed by atoms with E-state index in [-0.39, 0.29) is 12.5 Å². The van der Waals surface area contributed by atoms with Gasteiger partial charge in [0.2, 0.25) is 5.91 Å². The minimum atomic E-state index is 0.0275. The van der Waals surface area contributed by atoms with E-state index in [1.165, 1.54) is 0 Å². The molecule has 0 unspecified atom stereocenters. The summed E-state index contributed by atoms with van der Waals surface area (Å²) in [5.74, 6) is 0.776. The highest BCUT2D eigenvalue weighted by Crippen LogP contribution is 2.19. The number of benzene rings is 1. The number of hydrogen-bond acceptors (Lipinski definition) is 3. The summed E-state index contributed by atoms with van der Waals surface area (Å²) < 4.78 is 0. The molecule has 4 nitrogen and oxygen atoms in total. The molecule has 2 aromatic rings. The van der Waals surface area contributed by atoms with Crippen LogP contribution in [0.15, 0.2) is 36.5 Å². The first kappa shape index (κ1) is 11.4. The van der Waals surface area contributed by atoms with Gasteiger partial charge in [-0.25, -0.2) is 4.98 Å². The second-order valence-corrected chi connectivity index (χ2v) is 4.02. The first-order valence-corrected chi connectivity index (χ1v) is 5.46. The minimum absolute atomic E-state index is 0.0275. The molecule has 1 amide bonds. The zero-order valence-corrected chi connectivity index (χ0v) is 9.97. The fraction of sp³-hybridized carbons (Fsp3) is 0.231. The molecule has 0 spiro atoms. The van der Waals surface area contributed by atoms with Gasteiger partial charge in [0.15, 0.2) is 0 Å². The molecule has 0 bridgehead atoms. The van der Waals surface area contributed by atoms with Gasteiger partial charge < -0.3 is 10.2 Å². The van der Waals surface area contributed by atoms with Crippen molar-refractivity contribution in [3.05, 3.63) is 36.5 Å². The third kappa shape index (κ3) is 2.53. The van der Waals surface area contributed by atoms with Crippen LogP contribution in [0.3, 0.4) is 0 Å². The Labute approximate surface area is 100 Å². The van der Waals surface area contributed by atoms with Crippen LogP contribution in [0.25, 0.3) is 10.8 Å². The number of anilines is 1. The second-order valence-electron chi connectivity index (χ2n) is 4.02. The fourth-order valence-corrected chi connectivity index (χ4v) is 1.58. The smallest absolute Gasteiger partial charge is 0.241 e. The van der Waals surface area contributed by atoms with E-state index in [0.29, 0.717) is 0 Å². The summed E-state index contributed by atoms with van der Waals surface area (Å²) in [6, 6.07) is 9.91. The van der Waals surface area contributed by atoms with E-state index >= 15 is 0 Å². The Morgan fingerprint density at radius 1 is 1.29 bits per heavy atom. The molecule has 0 radical (unpaired) electrons. The third-order valence-electron chi connectivity index (χ3n) is 2.58. The molecule has 1 aromatic heterocycles. The van der Waals surface area contributed by atoms with Crippen LogP contribution in [0.4, 0.5) is 5.82 Å². The number of aromatic nitrogens is 1. The topological polar surface area (TPSA) is 45.2 Å². The number of fused-ring (bicyclic) bond motifs is 1. The largest absolute Gasteiger partial charge is 0.360 e. The van der Waals surface area contributed by atoms with Crippen molar-refractivity contribution in [2.24, 2.45) is 0 Å². The highest BCUT2D eigenvalue weighted by molar-refractivity contribution is 5.93. The van der Waals surface area contributed by atoms with Crippen LogP contribution in [0, 0.1) is 0 Å². The molecule has 2 rings (SSSR count). The lowest BCUT2D eigenvalue weighted by atomic mass is 10.1. The molecule has 0 fully saturated rings. The van der Waals surface area contributed by atoms with Crippen molar-refractivity contribution in [1.29, 1.82) is 0 Å². The van der Waals surface area contributed by atoms with Crippen LogP contribution in [0.1, 0.15) is 0 Å². The highest BCUT2D eigenvalue weighted by atomic mass is 16.2. The standard InChI is InChI=1S/C13H15N3O/c1-16(2)12(17)9-15-13-11-6-4-3-5-10(11)7-8-14-13/h3-8H,9H2,1-2H3,(H,14,15). The quantitative estimate of drug-likeness (QED) is 0.871. The molecule has 0 atom stereocenters. The van der Waals surface area contributed by atoms with Gasteiger partial charge in [-0.05, 0) is 11.5 Å². The Bertz CT molecular complexity index is 532. The van der Waals surface area contributed by atoms with Gasteiger partial charge in [-0.15, -0.1) is 0 Å². The van der Waals surface area contributed by atoms with Crippen LogP contribution in [0.5, 0.6) is 0 Å². The predicted molar refractivity (Wildman–Crippen MR) is 68.9 cm³/mol. The van der Waals surface area contributed by atoms with Crippen molar-refractivity contribution in [2.45, 2.75) is 0 Å². The van der Waals surface area contributed by atoms with Crippen molar-refractivity contribution in [1.82, 2.24) is 9.88 Å². The Morgan fingerprint density at radius 3 is 2.82 bits per heavy atom. The van der Waals surface area contributed by atoms with Gasteiger partial charge in [-0.2, -0.15) is 0 Å². The molecule has 4 heteroatoms. The number of hydrogen-bond donors (Lipinski definition) is 1. The lowest BCUT2D eigenvalue weighted by Crippen LogP contribution is -2.28. The maximum atomic E-state index is 11.5. The summed E-state index contributed by atoms with van der Waals surface area (Å²) in [7, 11) is 3.47. The zero-order chi connectivity index (χ0) is 12.3. The summed E-state index contributed by atoms with van der Waals surface area (Å²) in [5.41, 5.74) is 0. The number of rotatable bonds is 3. The zero-order valence-electron chi connectivity index (χ0n) is 9.97. The summed E-state index contributed by atoms with van der Waals surface area (Å²) in [6.07, 6.45) is 1.74. The SMILES string of the molecule is CN(C)C(=O)CNc1nccc2ccccc12. The lowest BCUT2D eigenvalue weighted by molar-refractivity contribution is -0.126. The van der Waals surface area contributed by atoms with Gasteiger partial charge in [0, 0.05) is 25.7 Å². The third-order valence-corrected chi connectivity index (χ3v) is 2.58. The molecule has 0 aliphatic carbocycles. The molecule has 0 saturated heterocycles. The van der Waals surface area contributed by atoms with Crippen molar-refractivity contribution in [3.63, 3.8) is 0 Å². The van der Waals surface area contributed by atoms with Crippen molar-refractivity contribution < 1.29 is 4.79 Å². The molecule has 0 aliphatic heterocycles. The van der Waals surface area contributed by atoms with Crippen molar-refractivity contribution in [3.8, 4) is 0 Å². The molecule has 0 aliphatic rings. The summed E-state index contributed by atoms with van der Waals surface area (Å²) >= 11 is 0. The van der Waals surface area contributed by atoms with E-state index in [0.717, 1.165) is 16.6 Å². The van der Waals surface area contributed by atoms with E-state index in [9.17, 15) is 4.79 Å². The number of carbonyl (C=O) groups is 1. The first-order valence-electron chi connectivity index (χ1n) is 5.46. The number of carbonyl (C=O) groups excluding carboxylic acids is 1. The highest BCUT2D eigenvalue weighted by Gasteiger charge is 2.05. The molecule has 1 aromatic carbocycles. The number of nitrogens with one attached hydrogen (secondary N) is 1. The average molecular weight is 229 g/mol. The van der Waals surface area contributed by atoms with E-state index in [1.54, 1.807) is 25.2 Å². The van der Waals surface area contributed by atoms with Crippen molar-refractivity contribution >= 4 is 22.5 Å². The Balaban J connectivity index is 2.21. The predicted octanol–water partition coefficient (Wildman–Crippen LogP) is 1.73. The molecule has 17 heavy (non-hydrogen) atoms. The fourth-order valence-electron chi connectivity index (χ4n) is 1.58. The van der Waals surface area contributed by atoms with Gasteiger partial charge in [0.1, 0.15) is 5.82 Å². The van der Waals surface area contributed by atoms with Gasteiger partial charge >= 0.3 is 0 Å². The molecule has 0 saturated carbocycles. The molecular formula is C13H15N3O. The van der Waals surface area contributed by atoms with Gasteiger partial charge in [-0.3, -0.25) is 4.79 Å². The second kappa shape index (κ2) is 4.82. The molecule has 88 valence electrons. The van der Waals surface area contributed by atoms with Crippen LogP contribution < -0.4 is 5.32 Å². The van der Waals surface area contributed by atoms with E-state index < -0.39 is 0 Å². The van der Waals surface area contributed by atoms with Gasteiger partial charge in [0.25, 0.3) is 0 Å². The minimum Gasteiger partial charge on any atom is -0.360 e. The average Bonchev–Trinajstić information content (AvgIpc) is 2.35. The van der Waals surface area contributed by atoms with E-state index in [1.807, 2.05) is 30.3 Å². The monoisotopic (exact) mass is 229 g/mol. The number of pyridine rings is 1. The van der Waals surface area contributed by atoms with Gasteiger partial charge in [0.05, 0.1) is 6.54 Å². The van der Waals surface area contributed by atoms with Crippen molar-refractivity contribution in [2.75, 3.05) is 26.0 Å². The Hall–Kier alpha value is -2.10.